The molecule has 0 spiro atoms. The summed E-state index contributed by atoms with van der Waals surface area (Å²) in [6, 6.07) is 7.61. The number of carbonyl (C=O) groups is 1. The first-order valence-electron chi connectivity index (χ1n) is 6.91. The summed E-state index contributed by atoms with van der Waals surface area (Å²) < 4.78 is 5.40. The van der Waals surface area contributed by atoms with E-state index in [2.05, 4.69) is 10.2 Å². The first-order chi connectivity index (χ1) is 9.58. The van der Waals surface area contributed by atoms with Crippen molar-refractivity contribution in [3.05, 3.63) is 29.8 Å². The number of amides is 1. The van der Waals surface area contributed by atoms with Gasteiger partial charge in [-0.3, -0.25) is 4.79 Å². The molecule has 0 heterocycles. The molecule has 0 aliphatic rings. The van der Waals surface area contributed by atoms with Crippen molar-refractivity contribution in [2.45, 2.75) is 12.8 Å². The maximum atomic E-state index is 11.6. The fraction of sp³-hybridized carbons (Fsp3) is 0.533. The highest BCUT2D eigenvalue weighted by molar-refractivity contribution is 5.76. The van der Waals surface area contributed by atoms with Crippen LogP contribution >= 0.6 is 0 Å². The highest BCUT2D eigenvalue weighted by Crippen LogP contribution is 2.07. The van der Waals surface area contributed by atoms with Crippen molar-refractivity contribution in [1.82, 2.24) is 10.2 Å². The number of aryl methyl sites for hydroxylation is 1. The summed E-state index contributed by atoms with van der Waals surface area (Å²) >= 11 is 0. The SMILES string of the molecule is CN(C)CCOCCNC(=O)CCc1ccc(N)cc1. The van der Waals surface area contributed by atoms with Crippen molar-refractivity contribution in [2.24, 2.45) is 0 Å². The molecule has 0 fully saturated rings. The first-order valence-corrected chi connectivity index (χ1v) is 6.91. The molecule has 5 heteroatoms. The number of hydrogen-bond donors (Lipinski definition) is 2. The largest absolute Gasteiger partial charge is 0.399 e. The monoisotopic (exact) mass is 279 g/mol. The molecule has 0 unspecified atom stereocenters. The van der Waals surface area contributed by atoms with E-state index in [0.717, 1.165) is 24.2 Å². The van der Waals surface area contributed by atoms with Crippen LogP contribution in [0.2, 0.25) is 0 Å². The topological polar surface area (TPSA) is 67.6 Å². The predicted molar refractivity (Wildman–Crippen MR) is 81.6 cm³/mol. The number of carbonyl (C=O) groups excluding carboxylic acids is 1. The molecule has 20 heavy (non-hydrogen) atoms. The summed E-state index contributed by atoms with van der Waals surface area (Å²) in [7, 11) is 4.00. The second-order valence-corrected chi connectivity index (χ2v) is 5.01. The number of hydrogen-bond acceptors (Lipinski definition) is 4. The van der Waals surface area contributed by atoms with Gasteiger partial charge in [0.2, 0.25) is 5.91 Å². The molecule has 0 radical (unpaired) electrons. The predicted octanol–water partition coefficient (Wildman–Crippen LogP) is 0.896. The lowest BCUT2D eigenvalue weighted by Crippen LogP contribution is -2.28. The van der Waals surface area contributed by atoms with Gasteiger partial charge in [-0.1, -0.05) is 12.1 Å². The lowest BCUT2D eigenvalue weighted by atomic mass is 10.1. The van der Waals surface area contributed by atoms with E-state index >= 15 is 0 Å². The van der Waals surface area contributed by atoms with Gasteiger partial charge in [-0.25, -0.2) is 0 Å². The smallest absolute Gasteiger partial charge is 0.220 e. The van der Waals surface area contributed by atoms with Gasteiger partial charge in [-0.2, -0.15) is 0 Å². The van der Waals surface area contributed by atoms with Crippen LogP contribution in [-0.2, 0) is 16.0 Å². The Bertz CT molecular complexity index is 391. The van der Waals surface area contributed by atoms with E-state index in [9.17, 15) is 4.79 Å². The number of nitrogen functional groups attached to an aromatic ring is 1. The standard InChI is InChI=1S/C15H25N3O2/c1-18(2)10-12-20-11-9-17-15(19)8-5-13-3-6-14(16)7-4-13/h3-4,6-7H,5,8-12,16H2,1-2H3,(H,17,19). The number of nitrogens with two attached hydrogens (primary N) is 1. The molecule has 0 saturated heterocycles. The zero-order chi connectivity index (χ0) is 14.8. The Morgan fingerprint density at radius 1 is 1.25 bits per heavy atom. The molecule has 1 aromatic carbocycles. The summed E-state index contributed by atoms with van der Waals surface area (Å²) in [6.07, 6.45) is 1.22. The fourth-order valence-electron chi connectivity index (χ4n) is 1.64. The third kappa shape index (κ3) is 7.76. The van der Waals surface area contributed by atoms with E-state index < -0.39 is 0 Å². The highest BCUT2D eigenvalue weighted by Gasteiger charge is 2.01. The second-order valence-electron chi connectivity index (χ2n) is 5.01. The molecule has 5 nitrogen and oxygen atoms in total. The Kier molecular flexibility index (Phi) is 7.69. The highest BCUT2D eigenvalue weighted by atomic mass is 16.5. The van der Waals surface area contributed by atoms with Crippen molar-refractivity contribution in [2.75, 3.05) is 46.1 Å². The van der Waals surface area contributed by atoms with Gasteiger partial charge in [0, 0.05) is 25.2 Å². The number of anilines is 1. The van der Waals surface area contributed by atoms with Crippen LogP contribution in [0.3, 0.4) is 0 Å². The number of rotatable bonds is 9. The number of nitrogens with one attached hydrogen (secondary N) is 1. The number of benzene rings is 1. The minimum Gasteiger partial charge on any atom is -0.399 e. The van der Waals surface area contributed by atoms with E-state index in [1.54, 1.807) is 0 Å². The lowest BCUT2D eigenvalue weighted by molar-refractivity contribution is -0.121. The van der Waals surface area contributed by atoms with Crippen molar-refractivity contribution >= 4 is 11.6 Å². The molecule has 0 bridgehead atoms. The van der Waals surface area contributed by atoms with Gasteiger partial charge in [-0.15, -0.1) is 0 Å². The average molecular weight is 279 g/mol. The van der Waals surface area contributed by atoms with Crippen LogP contribution < -0.4 is 11.1 Å². The summed E-state index contributed by atoms with van der Waals surface area (Å²) in [6.45, 7) is 2.70. The van der Waals surface area contributed by atoms with E-state index in [4.69, 9.17) is 10.5 Å². The van der Waals surface area contributed by atoms with Gasteiger partial charge in [0.25, 0.3) is 0 Å². The van der Waals surface area contributed by atoms with Crippen LogP contribution in [0.1, 0.15) is 12.0 Å². The zero-order valence-electron chi connectivity index (χ0n) is 12.4. The molecule has 3 N–H and O–H groups in total. The Hall–Kier alpha value is -1.59. The third-order valence-electron chi connectivity index (χ3n) is 2.87. The van der Waals surface area contributed by atoms with Gasteiger partial charge < -0.3 is 20.7 Å². The summed E-state index contributed by atoms with van der Waals surface area (Å²) in [4.78, 5) is 13.7. The minimum absolute atomic E-state index is 0.0537. The number of nitrogens with zero attached hydrogens (tertiary/aromatic N) is 1. The Balaban J connectivity index is 2.04. The van der Waals surface area contributed by atoms with Crippen molar-refractivity contribution < 1.29 is 9.53 Å². The van der Waals surface area contributed by atoms with Crippen LogP contribution in [0.15, 0.2) is 24.3 Å². The van der Waals surface area contributed by atoms with Gasteiger partial charge in [0.05, 0.1) is 13.2 Å². The molecule has 112 valence electrons. The molecule has 0 aliphatic carbocycles. The molecule has 0 atom stereocenters. The quantitative estimate of drug-likeness (QED) is 0.520. The number of likely N-dealkylation sites (N-methyl/N-ethyl adjacent to an activating group) is 1. The van der Waals surface area contributed by atoms with Crippen LogP contribution in [0.4, 0.5) is 5.69 Å². The van der Waals surface area contributed by atoms with E-state index in [0.29, 0.717) is 26.2 Å². The normalized spacial score (nSPS) is 10.8. The van der Waals surface area contributed by atoms with Crippen molar-refractivity contribution in [1.29, 1.82) is 0 Å². The molecule has 0 saturated carbocycles. The van der Waals surface area contributed by atoms with Crippen molar-refractivity contribution in [3.63, 3.8) is 0 Å². The Labute approximate surface area is 121 Å². The zero-order valence-corrected chi connectivity index (χ0v) is 12.4. The Morgan fingerprint density at radius 3 is 2.60 bits per heavy atom. The maximum Gasteiger partial charge on any atom is 0.220 e. The third-order valence-corrected chi connectivity index (χ3v) is 2.87. The lowest BCUT2D eigenvalue weighted by Gasteiger charge is -2.10. The molecule has 0 aromatic heterocycles. The van der Waals surface area contributed by atoms with Crippen LogP contribution in [0.25, 0.3) is 0 Å². The number of ether oxygens (including phenoxy) is 1. The molecule has 1 aromatic rings. The van der Waals surface area contributed by atoms with Gasteiger partial charge in [0.1, 0.15) is 0 Å². The first kappa shape index (κ1) is 16.5. The molecular weight excluding hydrogens is 254 g/mol. The minimum atomic E-state index is 0.0537. The van der Waals surface area contributed by atoms with Crippen LogP contribution in [0.5, 0.6) is 0 Å². The second kappa shape index (κ2) is 9.34. The van der Waals surface area contributed by atoms with Gasteiger partial charge >= 0.3 is 0 Å². The summed E-state index contributed by atoms with van der Waals surface area (Å²) in [5.74, 6) is 0.0537. The summed E-state index contributed by atoms with van der Waals surface area (Å²) in [5.41, 5.74) is 7.48. The Morgan fingerprint density at radius 2 is 1.95 bits per heavy atom. The maximum absolute atomic E-state index is 11.6. The molecule has 0 aliphatic heterocycles. The van der Waals surface area contributed by atoms with Crippen LogP contribution in [-0.4, -0.2) is 51.2 Å². The summed E-state index contributed by atoms with van der Waals surface area (Å²) in [5, 5.41) is 2.85. The fourth-order valence-corrected chi connectivity index (χ4v) is 1.64. The van der Waals surface area contributed by atoms with Gasteiger partial charge in [0.15, 0.2) is 0 Å². The molecule has 1 amide bonds. The van der Waals surface area contributed by atoms with E-state index in [1.165, 1.54) is 0 Å². The van der Waals surface area contributed by atoms with E-state index in [-0.39, 0.29) is 5.91 Å². The average Bonchev–Trinajstić information content (AvgIpc) is 2.41. The van der Waals surface area contributed by atoms with Crippen LogP contribution in [0, 0.1) is 0 Å². The molecular formula is C15H25N3O2. The molecule has 1 rings (SSSR count). The van der Waals surface area contributed by atoms with E-state index in [1.807, 2.05) is 38.4 Å². The van der Waals surface area contributed by atoms with Crippen molar-refractivity contribution in [3.8, 4) is 0 Å². The van der Waals surface area contributed by atoms with Gasteiger partial charge in [-0.05, 0) is 38.2 Å².